The highest BCUT2D eigenvalue weighted by Crippen LogP contribution is 2.30. The van der Waals surface area contributed by atoms with E-state index in [9.17, 15) is 4.79 Å². The third kappa shape index (κ3) is 4.60. The van der Waals surface area contributed by atoms with Crippen LogP contribution in [-0.2, 0) is 16.0 Å². The summed E-state index contributed by atoms with van der Waals surface area (Å²) >= 11 is 1.49. The van der Waals surface area contributed by atoms with Gasteiger partial charge in [0.05, 0.1) is 12.2 Å². The molecule has 0 saturated heterocycles. The van der Waals surface area contributed by atoms with Gasteiger partial charge in [-0.1, -0.05) is 25.1 Å². The third-order valence-corrected chi connectivity index (χ3v) is 5.21. The van der Waals surface area contributed by atoms with Gasteiger partial charge in [-0.15, -0.1) is 11.3 Å². The number of hydrogen-bond donors (Lipinski definition) is 1. The van der Waals surface area contributed by atoms with E-state index in [1.54, 1.807) is 5.38 Å². The Labute approximate surface area is 169 Å². The van der Waals surface area contributed by atoms with Crippen LogP contribution in [0.4, 0.5) is 0 Å². The van der Waals surface area contributed by atoms with E-state index in [0.29, 0.717) is 25.5 Å². The molecule has 28 heavy (non-hydrogen) atoms. The summed E-state index contributed by atoms with van der Waals surface area (Å²) in [6, 6.07) is 10.5. The summed E-state index contributed by atoms with van der Waals surface area (Å²) in [7, 11) is 0. The summed E-state index contributed by atoms with van der Waals surface area (Å²) in [5.74, 6) is -0.218. The van der Waals surface area contributed by atoms with Crippen molar-refractivity contribution in [1.29, 1.82) is 0 Å². The Kier molecular flexibility index (Phi) is 7.19. The van der Waals surface area contributed by atoms with E-state index in [1.807, 2.05) is 26.0 Å². The van der Waals surface area contributed by atoms with Crippen LogP contribution in [0.3, 0.4) is 0 Å². The van der Waals surface area contributed by atoms with Crippen molar-refractivity contribution in [2.45, 2.75) is 40.0 Å². The van der Waals surface area contributed by atoms with E-state index in [-0.39, 0.29) is 5.91 Å². The van der Waals surface area contributed by atoms with E-state index in [0.717, 1.165) is 23.7 Å². The second-order valence-corrected chi connectivity index (χ2v) is 7.19. The van der Waals surface area contributed by atoms with Crippen LogP contribution in [0.2, 0.25) is 0 Å². The normalized spacial score (nSPS) is 11.4. The molecular formula is C21H27N3O3S. The minimum Gasteiger partial charge on any atom is -0.351 e. The molecule has 0 spiro atoms. The van der Waals surface area contributed by atoms with Crippen LogP contribution in [-0.4, -0.2) is 41.5 Å². The fourth-order valence-corrected chi connectivity index (χ4v) is 3.98. The maximum Gasteiger partial charge on any atom is 0.270 e. The van der Waals surface area contributed by atoms with Crippen LogP contribution < -0.4 is 5.32 Å². The number of aromatic nitrogens is 2. The predicted octanol–water partition coefficient (Wildman–Crippen LogP) is 4.30. The number of carbonyl (C=O) groups excluding carboxylic acids is 1. The average molecular weight is 402 g/mol. The number of ether oxygens (including phenoxy) is 2. The van der Waals surface area contributed by atoms with Gasteiger partial charge in [0.15, 0.2) is 6.29 Å². The summed E-state index contributed by atoms with van der Waals surface area (Å²) in [5.41, 5.74) is 2.66. The lowest BCUT2D eigenvalue weighted by molar-refractivity contribution is -0.131. The van der Waals surface area contributed by atoms with Crippen LogP contribution in [0.25, 0.3) is 21.6 Å². The van der Waals surface area contributed by atoms with Crippen molar-refractivity contribution in [3.8, 4) is 10.7 Å². The number of fused-ring (bicyclic) bond motifs is 1. The maximum absolute atomic E-state index is 12.5. The molecule has 0 unspecified atom stereocenters. The minimum atomic E-state index is -0.441. The molecule has 0 saturated carbocycles. The van der Waals surface area contributed by atoms with Gasteiger partial charge in [0.1, 0.15) is 10.7 Å². The molecule has 0 fully saturated rings. The van der Waals surface area contributed by atoms with Crippen LogP contribution in [0.1, 0.15) is 37.7 Å². The van der Waals surface area contributed by atoms with Gasteiger partial charge in [0.25, 0.3) is 5.91 Å². The van der Waals surface area contributed by atoms with E-state index >= 15 is 0 Å². The molecule has 2 aromatic heterocycles. The first-order valence-electron chi connectivity index (χ1n) is 9.73. The number of rotatable bonds is 10. The molecule has 150 valence electrons. The fourth-order valence-electron chi connectivity index (χ4n) is 3.15. The Morgan fingerprint density at radius 3 is 2.68 bits per heavy atom. The molecule has 1 aromatic carbocycles. The monoisotopic (exact) mass is 401 g/mol. The molecule has 0 bridgehead atoms. The summed E-state index contributed by atoms with van der Waals surface area (Å²) in [6.07, 6.45) is 0.588. The maximum atomic E-state index is 12.5. The molecule has 3 rings (SSSR count). The minimum absolute atomic E-state index is 0.218. The third-order valence-electron chi connectivity index (χ3n) is 4.35. The quantitative estimate of drug-likeness (QED) is 0.514. The van der Waals surface area contributed by atoms with Gasteiger partial charge in [-0.3, -0.25) is 4.79 Å². The molecule has 1 amide bonds. The van der Waals surface area contributed by atoms with Gasteiger partial charge < -0.3 is 19.4 Å². The van der Waals surface area contributed by atoms with Gasteiger partial charge in [-0.25, -0.2) is 4.98 Å². The van der Waals surface area contributed by atoms with Crippen molar-refractivity contribution in [3.05, 3.63) is 41.4 Å². The van der Waals surface area contributed by atoms with Crippen LogP contribution in [0.5, 0.6) is 0 Å². The Hall–Kier alpha value is -2.22. The predicted molar refractivity (Wildman–Crippen MR) is 113 cm³/mol. The summed E-state index contributed by atoms with van der Waals surface area (Å²) in [4.78, 5) is 17.1. The zero-order valence-corrected chi connectivity index (χ0v) is 17.4. The van der Waals surface area contributed by atoms with Crippen molar-refractivity contribution >= 4 is 28.1 Å². The smallest absolute Gasteiger partial charge is 0.270 e. The average Bonchev–Trinajstić information content (AvgIpc) is 3.32. The number of benzene rings is 1. The van der Waals surface area contributed by atoms with E-state index in [4.69, 9.17) is 9.47 Å². The molecule has 0 atom stereocenters. The first kappa shape index (κ1) is 20.5. The van der Waals surface area contributed by atoms with Crippen LogP contribution in [0, 0.1) is 0 Å². The molecule has 0 aliphatic rings. The number of thiazole rings is 1. The van der Waals surface area contributed by atoms with Crippen molar-refractivity contribution < 1.29 is 14.3 Å². The van der Waals surface area contributed by atoms with E-state index in [2.05, 4.69) is 40.0 Å². The highest BCUT2D eigenvalue weighted by molar-refractivity contribution is 7.13. The highest BCUT2D eigenvalue weighted by atomic mass is 32.1. The second-order valence-electron chi connectivity index (χ2n) is 6.33. The van der Waals surface area contributed by atoms with Gasteiger partial charge in [0.2, 0.25) is 0 Å². The number of nitrogens with one attached hydrogen (secondary N) is 1. The summed E-state index contributed by atoms with van der Waals surface area (Å²) in [6.45, 7) is 8.23. The molecular weight excluding hydrogens is 374 g/mol. The van der Waals surface area contributed by atoms with Gasteiger partial charge in [-0.2, -0.15) is 0 Å². The van der Waals surface area contributed by atoms with Crippen LogP contribution >= 0.6 is 11.3 Å². The van der Waals surface area contributed by atoms with E-state index in [1.165, 1.54) is 22.2 Å². The van der Waals surface area contributed by atoms with Crippen LogP contribution in [0.15, 0.2) is 35.7 Å². The zero-order valence-electron chi connectivity index (χ0n) is 16.6. The van der Waals surface area contributed by atoms with Gasteiger partial charge in [-0.05, 0) is 32.4 Å². The molecule has 1 N–H and O–H groups in total. The zero-order chi connectivity index (χ0) is 19.9. The number of aryl methyl sites for hydroxylation is 1. The number of para-hydroxylation sites is 1. The molecule has 6 nitrogen and oxygen atoms in total. The lowest BCUT2D eigenvalue weighted by Gasteiger charge is -2.16. The topological polar surface area (TPSA) is 65.4 Å². The number of carbonyl (C=O) groups is 1. The Morgan fingerprint density at radius 2 is 1.96 bits per heavy atom. The molecule has 3 aromatic rings. The molecule has 0 radical (unpaired) electrons. The van der Waals surface area contributed by atoms with Crippen molar-refractivity contribution in [3.63, 3.8) is 0 Å². The molecule has 0 aliphatic heterocycles. The lowest BCUT2D eigenvalue weighted by Crippen LogP contribution is -2.35. The Balaban J connectivity index is 1.77. The first-order valence-corrected chi connectivity index (χ1v) is 10.6. The molecule has 2 heterocycles. The fraction of sp³-hybridized carbons (Fsp3) is 0.429. The second kappa shape index (κ2) is 9.82. The Bertz CT molecular complexity index is 913. The van der Waals surface area contributed by atoms with Crippen molar-refractivity contribution in [2.75, 3.05) is 19.8 Å². The largest absolute Gasteiger partial charge is 0.351 e. The SMILES string of the molecule is CCCn1c(-c2nc(C(=O)NCC(OCC)OCC)cs2)cc2ccccc21. The highest BCUT2D eigenvalue weighted by Gasteiger charge is 2.17. The Morgan fingerprint density at radius 1 is 1.21 bits per heavy atom. The van der Waals surface area contributed by atoms with E-state index < -0.39 is 6.29 Å². The summed E-state index contributed by atoms with van der Waals surface area (Å²) in [5, 5.41) is 6.68. The standard InChI is InChI=1S/C21H27N3O3S/c1-4-11-24-17-10-8-7-9-15(17)12-18(24)21-23-16(14-28-21)20(25)22-13-19(26-5-2)27-6-3/h7-10,12,14,19H,4-6,11,13H2,1-3H3,(H,22,25). The number of hydrogen-bond acceptors (Lipinski definition) is 5. The van der Waals surface area contributed by atoms with Crippen molar-refractivity contribution in [1.82, 2.24) is 14.9 Å². The first-order chi connectivity index (χ1) is 13.7. The number of amides is 1. The summed E-state index contributed by atoms with van der Waals surface area (Å²) < 4.78 is 13.2. The number of nitrogens with zero attached hydrogens (tertiary/aromatic N) is 2. The molecule has 7 heteroatoms. The van der Waals surface area contributed by atoms with Crippen molar-refractivity contribution in [2.24, 2.45) is 0 Å². The molecule has 0 aliphatic carbocycles. The lowest BCUT2D eigenvalue weighted by atomic mass is 10.2. The van der Waals surface area contributed by atoms with Gasteiger partial charge in [0, 0.05) is 36.0 Å². The van der Waals surface area contributed by atoms with Gasteiger partial charge >= 0.3 is 0 Å².